The number of para-hydroxylation sites is 1. The Bertz CT molecular complexity index is 948. The number of esters is 1. The molecule has 8 heteroatoms. The minimum Gasteiger partial charge on any atom is -0.466 e. The van der Waals surface area contributed by atoms with Crippen molar-refractivity contribution in [2.24, 2.45) is 0 Å². The summed E-state index contributed by atoms with van der Waals surface area (Å²) in [6.45, 7) is 0.0640. The topological polar surface area (TPSA) is 78.9 Å². The number of carbonyl (C=O) groups is 2. The highest BCUT2D eigenvalue weighted by Crippen LogP contribution is 2.33. The minimum absolute atomic E-state index is 0.101. The summed E-state index contributed by atoms with van der Waals surface area (Å²) in [7, 11) is 1.28. The molecule has 2 aromatic rings. The first-order chi connectivity index (χ1) is 14.0. The van der Waals surface area contributed by atoms with Gasteiger partial charge in [0.25, 0.3) is 5.91 Å². The van der Waals surface area contributed by atoms with Crippen LogP contribution < -0.4 is 5.32 Å². The van der Waals surface area contributed by atoms with Crippen LogP contribution in [-0.4, -0.2) is 48.7 Å². The van der Waals surface area contributed by atoms with E-state index in [0.717, 1.165) is 10.5 Å². The van der Waals surface area contributed by atoms with E-state index in [-0.39, 0.29) is 36.9 Å². The number of thioether (sulfide) groups is 1. The molecule has 0 bridgehead atoms. The van der Waals surface area contributed by atoms with Crippen molar-refractivity contribution in [1.82, 2.24) is 4.90 Å². The summed E-state index contributed by atoms with van der Waals surface area (Å²) < 4.78 is 4.83. The van der Waals surface area contributed by atoms with Gasteiger partial charge in [0.15, 0.2) is 0 Å². The van der Waals surface area contributed by atoms with E-state index in [1.807, 2.05) is 48.5 Å². The highest BCUT2D eigenvalue weighted by molar-refractivity contribution is 7.98. The van der Waals surface area contributed by atoms with Crippen molar-refractivity contribution in [3.8, 4) is 0 Å². The van der Waals surface area contributed by atoms with Crippen LogP contribution in [0.4, 0.5) is 5.69 Å². The Kier molecular flexibility index (Phi) is 7.19. The molecule has 3 rings (SSSR count). The monoisotopic (exact) mass is 432 g/mol. The fourth-order valence-corrected chi connectivity index (χ4v) is 4.24. The molecule has 29 heavy (non-hydrogen) atoms. The van der Waals surface area contributed by atoms with Crippen LogP contribution in [0, 0.1) is 0 Å². The Morgan fingerprint density at radius 1 is 1.24 bits per heavy atom. The largest absolute Gasteiger partial charge is 0.466 e. The molecule has 1 aliphatic rings. The zero-order valence-corrected chi connectivity index (χ0v) is 17.4. The third-order valence-corrected chi connectivity index (χ3v) is 5.93. The minimum atomic E-state index is -0.567. The molecule has 1 amide bonds. The summed E-state index contributed by atoms with van der Waals surface area (Å²) in [6.07, 6.45) is 0. The van der Waals surface area contributed by atoms with Crippen LogP contribution in [-0.2, 0) is 20.1 Å². The van der Waals surface area contributed by atoms with Gasteiger partial charge >= 0.3 is 5.97 Å². The molecule has 6 nitrogen and oxygen atoms in total. The lowest BCUT2D eigenvalue weighted by atomic mass is 10.2. The molecule has 0 saturated carbocycles. The van der Waals surface area contributed by atoms with E-state index in [0.29, 0.717) is 16.5 Å². The van der Waals surface area contributed by atoms with E-state index in [2.05, 4.69) is 5.32 Å². The first-order valence-electron chi connectivity index (χ1n) is 8.99. The van der Waals surface area contributed by atoms with Crippen LogP contribution in [0.5, 0.6) is 0 Å². The lowest BCUT2D eigenvalue weighted by Crippen LogP contribution is -2.31. The Balaban J connectivity index is 1.84. The highest BCUT2D eigenvalue weighted by atomic mass is 35.5. The average molecular weight is 433 g/mol. The summed E-state index contributed by atoms with van der Waals surface area (Å²) in [5.41, 5.74) is 2.14. The number of carbonyl (C=O) groups excluding carboxylic acids is 2. The molecule has 1 heterocycles. The molecule has 0 radical (unpaired) electrons. The van der Waals surface area contributed by atoms with Gasteiger partial charge in [0.2, 0.25) is 0 Å². The molecule has 0 fully saturated rings. The second-order valence-electron chi connectivity index (χ2n) is 6.30. The number of aliphatic hydroxyl groups excluding tert-OH is 1. The first-order valence-corrected chi connectivity index (χ1v) is 10.4. The fraction of sp³-hybridized carbons (Fsp3) is 0.238. The van der Waals surface area contributed by atoms with Gasteiger partial charge in [-0.05, 0) is 23.8 Å². The van der Waals surface area contributed by atoms with Gasteiger partial charge in [0.05, 0.1) is 31.5 Å². The standard InChI is InChI=1S/C21H21ClN2O4S/c1-28-21(27)15-12-24(10-11-25)20(26)19(15)23-17-8-4-5-9-18(17)29-13-14-6-2-3-7-16(14)22/h2-9,23,25H,10-13H2,1H3. The van der Waals surface area contributed by atoms with Gasteiger partial charge in [-0.2, -0.15) is 0 Å². The number of amides is 1. The predicted octanol–water partition coefficient (Wildman–Crippen LogP) is 3.31. The summed E-state index contributed by atoms with van der Waals surface area (Å²) in [5.74, 6) is -0.251. The molecule has 1 aliphatic heterocycles. The average Bonchev–Trinajstić information content (AvgIpc) is 3.04. The van der Waals surface area contributed by atoms with Crippen molar-refractivity contribution in [3.63, 3.8) is 0 Å². The van der Waals surface area contributed by atoms with Gasteiger partial charge in [0.1, 0.15) is 5.70 Å². The number of β-amino-alcohol motifs (C(OH)–C–C–N with tert-alkyl or cyclic N) is 1. The lowest BCUT2D eigenvalue weighted by molar-refractivity contribution is -0.136. The van der Waals surface area contributed by atoms with Crippen molar-refractivity contribution in [2.45, 2.75) is 10.6 Å². The Morgan fingerprint density at radius 2 is 1.97 bits per heavy atom. The van der Waals surface area contributed by atoms with Crippen LogP contribution in [0.1, 0.15) is 5.56 Å². The second-order valence-corrected chi connectivity index (χ2v) is 7.72. The van der Waals surface area contributed by atoms with Crippen LogP contribution in [0.3, 0.4) is 0 Å². The number of benzene rings is 2. The summed E-state index contributed by atoms with van der Waals surface area (Å²) >= 11 is 7.82. The zero-order chi connectivity index (χ0) is 20.8. The number of nitrogens with one attached hydrogen (secondary N) is 1. The van der Waals surface area contributed by atoms with Gasteiger partial charge in [-0.1, -0.05) is 41.9 Å². The number of methoxy groups -OCH3 is 1. The summed E-state index contributed by atoms with van der Waals surface area (Å²) in [5, 5.41) is 13.0. The van der Waals surface area contributed by atoms with E-state index in [1.54, 1.807) is 11.8 Å². The van der Waals surface area contributed by atoms with E-state index in [1.165, 1.54) is 12.0 Å². The summed E-state index contributed by atoms with van der Waals surface area (Å²) in [4.78, 5) is 27.2. The van der Waals surface area contributed by atoms with Crippen LogP contribution in [0.15, 0.2) is 64.7 Å². The maximum Gasteiger partial charge on any atom is 0.337 e. The molecule has 2 N–H and O–H groups in total. The van der Waals surface area contributed by atoms with E-state index in [4.69, 9.17) is 16.3 Å². The number of aliphatic hydroxyl groups is 1. The Morgan fingerprint density at radius 3 is 2.69 bits per heavy atom. The van der Waals surface area contributed by atoms with Crippen molar-refractivity contribution in [3.05, 3.63) is 70.4 Å². The molecule has 0 spiro atoms. The molecule has 0 aliphatic carbocycles. The molecule has 0 atom stereocenters. The van der Waals surface area contributed by atoms with E-state index in [9.17, 15) is 14.7 Å². The number of hydrogen-bond acceptors (Lipinski definition) is 6. The first kappa shape index (κ1) is 21.2. The number of hydrogen-bond donors (Lipinski definition) is 2. The molecular formula is C21H21ClN2O4S. The van der Waals surface area contributed by atoms with Gasteiger partial charge in [-0.3, -0.25) is 4.79 Å². The number of ether oxygens (including phenoxy) is 1. The number of nitrogens with zero attached hydrogens (tertiary/aromatic N) is 1. The van der Waals surface area contributed by atoms with Crippen molar-refractivity contribution in [1.29, 1.82) is 0 Å². The molecule has 2 aromatic carbocycles. The zero-order valence-electron chi connectivity index (χ0n) is 15.9. The molecule has 0 saturated heterocycles. The van der Waals surface area contributed by atoms with Crippen LogP contribution in [0.2, 0.25) is 5.02 Å². The van der Waals surface area contributed by atoms with Crippen LogP contribution in [0.25, 0.3) is 0 Å². The second kappa shape index (κ2) is 9.82. The van der Waals surface area contributed by atoms with Gasteiger partial charge in [0, 0.05) is 22.2 Å². The Labute approximate surface area is 178 Å². The van der Waals surface area contributed by atoms with E-state index < -0.39 is 5.97 Å². The third kappa shape index (κ3) is 4.93. The third-order valence-electron chi connectivity index (χ3n) is 4.44. The Hall–Kier alpha value is -2.48. The molecule has 0 aromatic heterocycles. The molecular weight excluding hydrogens is 412 g/mol. The fourth-order valence-electron chi connectivity index (χ4n) is 2.95. The summed E-state index contributed by atoms with van der Waals surface area (Å²) in [6, 6.07) is 15.2. The number of anilines is 1. The van der Waals surface area contributed by atoms with Gasteiger partial charge in [-0.25, -0.2) is 4.79 Å². The number of halogens is 1. The van der Waals surface area contributed by atoms with Gasteiger partial charge in [-0.15, -0.1) is 11.8 Å². The van der Waals surface area contributed by atoms with Gasteiger partial charge < -0.3 is 20.1 Å². The van der Waals surface area contributed by atoms with Crippen LogP contribution >= 0.6 is 23.4 Å². The SMILES string of the molecule is COC(=O)C1=C(Nc2ccccc2SCc2ccccc2Cl)C(=O)N(CCO)C1. The van der Waals surface area contributed by atoms with E-state index >= 15 is 0 Å². The number of rotatable bonds is 8. The van der Waals surface area contributed by atoms with Crippen molar-refractivity contribution >= 4 is 40.9 Å². The maximum atomic E-state index is 12.7. The molecule has 152 valence electrons. The van der Waals surface area contributed by atoms with Crippen molar-refractivity contribution < 1.29 is 19.4 Å². The smallest absolute Gasteiger partial charge is 0.337 e. The maximum absolute atomic E-state index is 12.7. The predicted molar refractivity (Wildman–Crippen MR) is 114 cm³/mol. The normalized spacial score (nSPS) is 13.8. The lowest BCUT2D eigenvalue weighted by Gasteiger charge is -2.16. The van der Waals surface area contributed by atoms with Crippen molar-refractivity contribution in [2.75, 3.05) is 32.1 Å². The molecule has 0 unspecified atom stereocenters. The quantitative estimate of drug-likeness (QED) is 0.492. The highest BCUT2D eigenvalue weighted by Gasteiger charge is 2.34.